The van der Waals surface area contributed by atoms with Gasteiger partial charge in [0, 0.05) is 25.9 Å². The Balaban J connectivity index is 2.21. The SMILES string of the molecule is Cn1cc(CNc2cc(C(N)=O)c(F)cc2F)cc1C#N. The summed E-state index contributed by atoms with van der Waals surface area (Å²) in [4.78, 5) is 11.0. The van der Waals surface area contributed by atoms with Gasteiger partial charge in [0.1, 0.15) is 23.4 Å². The monoisotopic (exact) mass is 290 g/mol. The molecule has 2 rings (SSSR count). The van der Waals surface area contributed by atoms with Crippen molar-refractivity contribution in [1.29, 1.82) is 5.26 Å². The molecule has 1 heterocycles. The van der Waals surface area contributed by atoms with E-state index < -0.39 is 17.5 Å². The molecule has 1 aromatic heterocycles. The number of halogens is 2. The number of amides is 1. The highest BCUT2D eigenvalue weighted by Gasteiger charge is 2.14. The molecule has 0 radical (unpaired) electrons. The Hall–Kier alpha value is -2.88. The van der Waals surface area contributed by atoms with Crippen molar-refractivity contribution in [3.8, 4) is 6.07 Å². The first-order chi connectivity index (χ1) is 9.92. The van der Waals surface area contributed by atoms with Crippen molar-refractivity contribution >= 4 is 11.6 Å². The van der Waals surface area contributed by atoms with Crippen LogP contribution in [0.2, 0.25) is 0 Å². The predicted octanol–water partition coefficient (Wildman–Crippen LogP) is 1.89. The molecule has 0 aliphatic rings. The molecular weight excluding hydrogens is 278 g/mol. The van der Waals surface area contributed by atoms with Gasteiger partial charge in [0.2, 0.25) is 0 Å². The van der Waals surface area contributed by atoms with Gasteiger partial charge in [0.15, 0.2) is 0 Å². The number of aromatic nitrogens is 1. The number of nitrogens with two attached hydrogens (primary N) is 1. The fourth-order valence-corrected chi connectivity index (χ4v) is 1.91. The van der Waals surface area contributed by atoms with Gasteiger partial charge in [-0.25, -0.2) is 8.78 Å². The molecule has 0 unspecified atom stereocenters. The normalized spacial score (nSPS) is 10.2. The number of nitrogens with zero attached hydrogens (tertiary/aromatic N) is 2. The molecule has 3 N–H and O–H groups in total. The van der Waals surface area contributed by atoms with Gasteiger partial charge in [-0.1, -0.05) is 0 Å². The van der Waals surface area contributed by atoms with Crippen molar-refractivity contribution in [2.45, 2.75) is 6.54 Å². The minimum atomic E-state index is -1.00. The van der Waals surface area contributed by atoms with Crippen LogP contribution in [-0.4, -0.2) is 10.5 Å². The number of primary amides is 1. The van der Waals surface area contributed by atoms with Gasteiger partial charge in [-0.2, -0.15) is 5.26 Å². The second-order valence-corrected chi connectivity index (χ2v) is 4.49. The molecule has 0 saturated heterocycles. The molecule has 7 heteroatoms. The van der Waals surface area contributed by atoms with Crippen LogP contribution in [0.1, 0.15) is 21.6 Å². The van der Waals surface area contributed by atoms with Gasteiger partial charge >= 0.3 is 0 Å². The first-order valence-electron chi connectivity index (χ1n) is 6.00. The van der Waals surface area contributed by atoms with E-state index in [-0.39, 0.29) is 17.8 Å². The molecule has 0 aliphatic carbocycles. The van der Waals surface area contributed by atoms with E-state index in [0.29, 0.717) is 11.8 Å². The van der Waals surface area contributed by atoms with E-state index in [9.17, 15) is 13.6 Å². The third-order valence-corrected chi connectivity index (χ3v) is 2.98. The first kappa shape index (κ1) is 14.5. The van der Waals surface area contributed by atoms with Crippen LogP contribution in [0.5, 0.6) is 0 Å². The maximum atomic E-state index is 13.6. The number of carbonyl (C=O) groups excluding carboxylic acids is 1. The van der Waals surface area contributed by atoms with Gasteiger partial charge in [-0.3, -0.25) is 4.79 Å². The van der Waals surface area contributed by atoms with Crippen molar-refractivity contribution in [2.24, 2.45) is 12.8 Å². The van der Waals surface area contributed by atoms with E-state index in [1.54, 1.807) is 23.9 Å². The molecular formula is C14H12F2N4O. The third kappa shape index (κ3) is 3.00. The summed E-state index contributed by atoms with van der Waals surface area (Å²) in [6, 6.07) is 5.28. The van der Waals surface area contributed by atoms with Crippen molar-refractivity contribution < 1.29 is 13.6 Å². The summed E-state index contributed by atoms with van der Waals surface area (Å²) < 4.78 is 28.6. The first-order valence-corrected chi connectivity index (χ1v) is 6.00. The number of hydrogen-bond acceptors (Lipinski definition) is 3. The molecule has 0 spiro atoms. The van der Waals surface area contributed by atoms with E-state index in [1.807, 2.05) is 6.07 Å². The van der Waals surface area contributed by atoms with Gasteiger partial charge < -0.3 is 15.6 Å². The van der Waals surface area contributed by atoms with Crippen molar-refractivity contribution in [1.82, 2.24) is 4.57 Å². The molecule has 2 aromatic rings. The van der Waals surface area contributed by atoms with Crippen LogP contribution in [0, 0.1) is 23.0 Å². The highest BCUT2D eigenvalue weighted by molar-refractivity contribution is 5.94. The maximum Gasteiger partial charge on any atom is 0.251 e. The summed E-state index contributed by atoms with van der Waals surface area (Å²) in [6.07, 6.45) is 1.71. The number of rotatable bonds is 4. The fourth-order valence-electron chi connectivity index (χ4n) is 1.91. The zero-order valence-electron chi connectivity index (χ0n) is 11.2. The third-order valence-electron chi connectivity index (χ3n) is 2.98. The Bertz CT molecular complexity index is 746. The lowest BCUT2D eigenvalue weighted by Crippen LogP contribution is -2.14. The van der Waals surface area contributed by atoms with E-state index in [4.69, 9.17) is 11.0 Å². The Morgan fingerprint density at radius 2 is 2.10 bits per heavy atom. The molecule has 0 fully saturated rings. The quantitative estimate of drug-likeness (QED) is 0.901. The van der Waals surface area contributed by atoms with E-state index in [0.717, 1.165) is 11.6 Å². The second kappa shape index (κ2) is 5.63. The van der Waals surface area contributed by atoms with Crippen LogP contribution in [-0.2, 0) is 13.6 Å². The standard InChI is InChI=1S/C14H12F2N4O/c1-20-7-8(2-9(20)5-17)6-19-13-3-10(14(18)21)11(15)4-12(13)16/h2-4,7,19H,6H2,1H3,(H2,18,21). The number of aryl methyl sites for hydroxylation is 1. The average molecular weight is 290 g/mol. The van der Waals surface area contributed by atoms with E-state index in [2.05, 4.69) is 5.32 Å². The number of hydrogen-bond donors (Lipinski definition) is 2. The Kier molecular flexibility index (Phi) is 3.89. The molecule has 0 aliphatic heterocycles. The lowest BCUT2D eigenvalue weighted by Gasteiger charge is -2.08. The fraction of sp³-hybridized carbons (Fsp3) is 0.143. The number of carbonyl (C=O) groups is 1. The summed E-state index contributed by atoms with van der Waals surface area (Å²) in [6.45, 7) is 0.219. The lowest BCUT2D eigenvalue weighted by atomic mass is 10.1. The molecule has 21 heavy (non-hydrogen) atoms. The summed E-state index contributed by atoms with van der Waals surface area (Å²) in [5.41, 5.74) is 5.81. The Morgan fingerprint density at radius 3 is 2.67 bits per heavy atom. The average Bonchev–Trinajstić information content (AvgIpc) is 2.77. The van der Waals surface area contributed by atoms with Crippen molar-refractivity contribution in [2.75, 3.05) is 5.32 Å². The van der Waals surface area contributed by atoms with Gasteiger partial charge in [0.05, 0.1) is 11.3 Å². The van der Waals surface area contributed by atoms with E-state index >= 15 is 0 Å². The molecule has 1 amide bonds. The van der Waals surface area contributed by atoms with Crippen molar-refractivity contribution in [3.63, 3.8) is 0 Å². The molecule has 0 atom stereocenters. The summed E-state index contributed by atoms with van der Waals surface area (Å²) in [5.74, 6) is -2.80. The van der Waals surface area contributed by atoms with Gasteiger partial charge in [-0.05, 0) is 17.7 Å². The number of nitrogens with one attached hydrogen (secondary N) is 1. The van der Waals surface area contributed by atoms with Crippen LogP contribution in [0.15, 0.2) is 24.4 Å². The largest absolute Gasteiger partial charge is 0.379 e. The second-order valence-electron chi connectivity index (χ2n) is 4.49. The van der Waals surface area contributed by atoms with Crippen LogP contribution in [0.4, 0.5) is 14.5 Å². The zero-order chi connectivity index (χ0) is 15.6. The van der Waals surface area contributed by atoms with Crippen LogP contribution in [0.3, 0.4) is 0 Å². The molecule has 0 saturated carbocycles. The molecule has 0 bridgehead atoms. The molecule has 108 valence electrons. The number of benzene rings is 1. The lowest BCUT2D eigenvalue weighted by molar-refractivity contribution is 0.0996. The van der Waals surface area contributed by atoms with E-state index in [1.165, 1.54) is 0 Å². The van der Waals surface area contributed by atoms with Crippen LogP contribution in [0.25, 0.3) is 0 Å². The molecule has 5 nitrogen and oxygen atoms in total. The minimum absolute atomic E-state index is 0.0347. The van der Waals surface area contributed by atoms with Crippen LogP contribution >= 0.6 is 0 Å². The summed E-state index contributed by atoms with van der Waals surface area (Å²) in [7, 11) is 1.71. The highest BCUT2D eigenvalue weighted by Crippen LogP contribution is 2.20. The molecule has 1 aromatic carbocycles. The zero-order valence-corrected chi connectivity index (χ0v) is 11.2. The van der Waals surface area contributed by atoms with Gasteiger partial charge in [0.25, 0.3) is 5.91 Å². The highest BCUT2D eigenvalue weighted by atomic mass is 19.1. The van der Waals surface area contributed by atoms with Gasteiger partial charge in [-0.15, -0.1) is 0 Å². The minimum Gasteiger partial charge on any atom is -0.379 e. The number of nitriles is 1. The topological polar surface area (TPSA) is 83.8 Å². The maximum absolute atomic E-state index is 13.6. The van der Waals surface area contributed by atoms with Crippen molar-refractivity contribution in [3.05, 3.63) is 52.9 Å². The summed E-state index contributed by atoms with van der Waals surface area (Å²) >= 11 is 0. The predicted molar refractivity (Wildman–Crippen MR) is 72.3 cm³/mol. The Morgan fingerprint density at radius 1 is 1.38 bits per heavy atom. The van der Waals surface area contributed by atoms with Crippen LogP contribution < -0.4 is 11.1 Å². The smallest absolute Gasteiger partial charge is 0.251 e. The summed E-state index contributed by atoms with van der Waals surface area (Å²) in [5, 5.41) is 11.6. The number of anilines is 1. The Labute approximate surface area is 119 Å².